The van der Waals surface area contributed by atoms with E-state index in [4.69, 9.17) is 9.26 Å². The maximum atomic E-state index is 13.6. The summed E-state index contributed by atoms with van der Waals surface area (Å²) in [7, 11) is 0. The molecule has 2 heterocycles. The van der Waals surface area contributed by atoms with Crippen molar-refractivity contribution in [3.63, 3.8) is 0 Å². The molecule has 4 nitrogen and oxygen atoms in total. The number of aromatic nitrogens is 2. The highest BCUT2D eigenvalue weighted by Crippen LogP contribution is 2.43. The molecule has 1 aromatic heterocycles. The molecule has 0 radical (unpaired) electrons. The van der Waals surface area contributed by atoms with Crippen molar-refractivity contribution in [1.29, 1.82) is 0 Å². The third-order valence-corrected chi connectivity index (χ3v) is 4.72. The zero-order valence-electron chi connectivity index (χ0n) is 13.4. The highest BCUT2D eigenvalue weighted by atomic mass is 19.3. The molecular formula is C16H24F2N2O2. The minimum absolute atomic E-state index is 0.0141. The zero-order chi connectivity index (χ0) is 16.0. The van der Waals surface area contributed by atoms with E-state index in [1.165, 1.54) is 0 Å². The second kappa shape index (κ2) is 5.55. The maximum Gasteiger partial charge on any atom is 0.248 e. The summed E-state index contributed by atoms with van der Waals surface area (Å²) in [6, 6.07) is 0. The molecule has 2 fully saturated rings. The maximum absolute atomic E-state index is 13.6. The van der Waals surface area contributed by atoms with Gasteiger partial charge >= 0.3 is 0 Å². The lowest BCUT2D eigenvalue weighted by Crippen LogP contribution is -2.30. The van der Waals surface area contributed by atoms with E-state index in [-0.39, 0.29) is 36.2 Å². The molecule has 3 atom stereocenters. The van der Waals surface area contributed by atoms with Crippen molar-refractivity contribution in [1.82, 2.24) is 10.1 Å². The smallest absolute Gasteiger partial charge is 0.248 e. The van der Waals surface area contributed by atoms with Crippen molar-refractivity contribution in [3.05, 3.63) is 11.7 Å². The molecule has 1 aliphatic carbocycles. The fraction of sp³-hybridized carbons (Fsp3) is 0.875. The normalized spacial score (nSPS) is 32.3. The lowest BCUT2D eigenvalue weighted by atomic mass is 9.81. The third-order valence-electron chi connectivity index (χ3n) is 4.72. The Morgan fingerprint density at radius 1 is 1.23 bits per heavy atom. The molecular weight excluding hydrogens is 290 g/mol. The number of alkyl halides is 2. The molecule has 22 heavy (non-hydrogen) atoms. The van der Waals surface area contributed by atoms with E-state index in [2.05, 4.69) is 30.9 Å². The van der Waals surface area contributed by atoms with Gasteiger partial charge in [0.25, 0.3) is 0 Å². The van der Waals surface area contributed by atoms with E-state index in [9.17, 15) is 8.78 Å². The van der Waals surface area contributed by atoms with Crippen LogP contribution in [-0.4, -0.2) is 28.8 Å². The van der Waals surface area contributed by atoms with Gasteiger partial charge in [0.2, 0.25) is 11.8 Å². The topological polar surface area (TPSA) is 48.2 Å². The van der Waals surface area contributed by atoms with Crippen molar-refractivity contribution in [3.8, 4) is 0 Å². The molecule has 2 aliphatic rings. The van der Waals surface area contributed by atoms with E-state index in [1.807, 2.05) is 0 Å². The van der Waals surface area contributed by atoms with Crippen molar-refractivity contribution in [2.75, 3.05) is 6.61 Å². The molecule has 0 spiro atoms. The first-order chi connectivity index (χ1) is 10.3. The Morgan fingerprint density at radius 2 is 2.00 bits per heavy atom. The second-order valence-corrected chi connectivity index (χ2v) is 7.69. The van der Waals surface area contributed by atoms with Gasteiger partial charge in [-0.3, -0.25) is 0 Å². The minimum Gasteiger partial charge on any atom is -0.377 e. The number of nitrogens with zero attached hydrogens (tertiary/aromatic N) is 2. The highest BCUT2D eigenvalue weighted by Gasteiger charge is 2.42. The summed E-state index contributed by atoms with van der Waals surface area (Å²) >= 11 is 0. The van der Waals surface area contributed by atoms with Gasteiger partial charge in [0.05, 0.1) is 12.0 Å². The monoisotopic (exact) mass is 314 g/mol. The molecule has 124 valence electrons. The van der Waals surface area contributed by atoms with Crippen LogP contribution in [0.5, 0.6) is 0 Å². The summed E-state index contributed by atoms with van der Waals surface area (Å²) < 4.78 is 38.3. The van der Waals surface area contributed by atoms with E-state index < -0.39 is 5.92 Å². The number of ether oxygens (including phenoxy) is 1. The summed E-state index contributed by atoms with van der Waals surface area (Å²) in [6.07, 6.45) is 1.87. The standard InChI is InChI=1S/C16H24F2N2O2/c1-15(2,3)12-11(6-8-21-12)13-19-14(22-20-13)10-5-4-7-16(17,18)9-10/h10-12H,4-9H2,1-3H3/t10-,11-,12-/m0/s1. The van der Waals surface area contributed by atoms with Crippen LogP contribution in [0.1, 0.15) is 76.4 Å². The van der Waals surface area contributed by atoms with Gasteiger partial charge in [0.1, 0.15) is 0 Å². The van der Waals surface area contributed by atoms with Gasteiger partial charge < -0.3 is 9.26 Å². The van der Waals surface area contributed by atoms with Gasteiger partial charge in [0, 0.05) is 25.4 Å². The number of halogens is 2. The van der Waals surface area contributed by atoms with Gasteiger partial charge in [0.15, 0.2) is 5.82 Å². The molecule has 0 N–H and O–H groups in total. The Labute approximate surface area is 129 Å². The summed E-state index contributed by atoms with van der Waals surface area (Å²) in [5.74, 6) is -1.86. The molecule has 6 heteroatoms. The summed E-state index contributed by atoms with van der Waals surface area (Å²) in [6.45, 7) is 7.05. The van der Waals surface area contributed by atoms with Crippen LogP contribution in [0.25, 0.3) is 0 Å². The van der Waals surface area contributed by atoms with Crippen LogP contribution in [0.3, 0.4) is 0 Å². The molecule has 1 saturated heterocycles. The Hall–Kier alpha value is -1.04. The van der Waals surface area contributed by atoms with Gasteiger partial charge in [-0.2, -0.15) is 4.98 Å². The fourth-order valence-electron chi connectivity index (χ4n) is 3.65. The molecule has 3 rings (SSSR count). The molecule has 0 aromatic carbocycles. The number of rotatable bonds is 2. The Kier molecular flexibility index (Phi) is 4.00. The lowest BCUT2D eigenvalue weighted by Gasteiger charge is -2.29. The lowest BCUT2D eigenvalue weighted by molar-refractivity contribution is -0.0440. The van der Waals surface area contributed by atoms with Crippen molar-refractivity contribution < 1.29 is 18.0 Å². The number of hydrogen-bond acceptors (Lipinski definition) is 4. The SMILES string of the molecule is CC(C)(C)[C@H]1OCC[C@@H]1c1noc([C@H]2CCCC(F)(F)C2)n1. The van der Waals surface area contributed by atoms with Crippen LogP contribution in [-0.2, 0) is 4.74 Å². The van der Waals surface area contributed by atoms with Crippen molar-refractivity contribution in [2.24, 2.45) is 5.41 Å². The summed E-state index contributed by atoms with van der Waals surface area (Å²) in [5, 5.41) is 4.07. The quantitative estimate of drug-likeness (QED) is 0.817. The third kappa shape index (κ3) is 3.16. The molecule has 0 bridgehead atoms. The van der Waals surface area contributed by atoms with Crippen LogP contribution in [0.4, 0.5) is 8.78 Å². The van der Waals surface area contributed by atoms with Gasteiger partial charge in [-0.15, -0.1) is 0 Å². The van der Waals surface area contributed by atoms with Crippen LogP contribution in [0.2, 0.25) is 0 Å². The average Bonchev–Trinajstić information content (AvgIpc) is 3.05. The Morgan fingerprint density at radius 3 is 2.68 bits per heavy atom. The molecule has 1 saturated carbocycles. The fourth-order valence-corrected chi connectivity index (χ4v) is 3.65. The van der Waals surface area contributed by atoms with Gasteiger partial charge in [-0.1, -0.05) is 25.9 Å². The summed E-state index contributed by atoms with van der Waals surface area (Å²) in [4.78, 5) is 4.45. The van der Waals surface area contributed by atoms with Crippen LogP contribution >= 0.6 is 0 Å². The van der Waals surface area contributed by atoms with Crippen LogP contribution in [0.15, 0.2) is 4.52 Å². The Bertz CT molecular complexity index is 524. The van der Waals surface area contributed by atoms with Gasteiger partial charge in [-0.05, 0) is 24.7 Å². The van der Waals surface area contributed by atoms with E-state index in [0.717, 1.165) is 6.42 Å². The minimum atomic E-state index is -2.61. The zero-order valence-corrected chi connectivity index (χ0v) is 13.4. The molecule has 1 aliphatic heterocycles. The van der Waals surface area contributed by atoms with Gasteiger partial charge in [-0.25, -0.2) is 8.78 Å². The molecule has 0 amide bonds. The average molecular weight is 314 g/mol. The van der Waals surface area contributed by atoms with Crippen LogP contribution in [0, 0.1) is 5.41 Å². The van der Waals surface area contributed by atoms with Crippen molar-refractivity contribution in [2.45, 2.75) is 76.7 Å². The number of hydrogen-bond donors (Lipinski definition) is 0. The predicted molar refractivity (Wildman–Crippen MR) is 77.0 cm³/mol. The highest BCUT2D eigenvalue weighted by molar-refractivity contribution is 5.07. The summed E-state index contributed by atoms with van der Waals surface area (Å²) in [5.41, 5.74) is -0.0141. The van der Waals surface area contributed by atoms with E-state index >= 15 is 0 Å². The first-order valence-corrected chi connectivity index (χ1v) is 8.09. The first kappa shape index (κ1) is 15.8. The Balaban J connectivity index is 1.76. The predicted octanol–water partition coefficient (Wildman–Crippen LogP) is 4.28. The van der Waals surface area contributed by atoms with E-state index in [1.54, 1.807) is 0 Å². The molecule has 1 aromatic rings. The first-order valence-electron chi connectivity index (χ1n) is 8.09. The van der Waals surface area contributed by atoms with E-state index in [0.29, 0.717) is 31.2 Å². The van der Waals surface area contributed by atoms with Crippen LogP contribution < -0.4 is 0 Å². The van der Waals surface area contributed by atoms with Crippen molar-refractivity contribution >= 4 is 0 Å². The largest absolute Gasteiger partial charge is 0.377 e. The second-order valence-electron chi connectivity index (χ2n) is 7.69. The molecule has 0 unspecified atom stereocenters.